The van der Waals surface area contributed by atoms with Gasteiger partial charge in [-0.05, 0) is 36.8 Å². The standard InChI is InChI=1S/C16H24BrN/c1-2-16(13-8-4-3-5-9-13)18-12-14-10-6-7-11-15(14)17/h6-7,10-11,13,16,18H,2-5,8-9,12H2,1H3. The molecular formula is C16H24BrN. The fraction of sp³-hybridized carbons (Fsp3) is 0.625. The molecule has 0 heterocycles. The number of rotatable bonds is 5. The van der Waals surface area contributed by atoms with E-state index in [0.717, 1.165) is 12.5 Å². The van der Waals surface area contributed by atoms with Gasteiger partial charge in [-0.3, -0.25) is 0 Å². The first-order chi connectivity index (χ1) is 8.81. The molecular weight excluding hydrogens is 286 g/mol. The van der Waals surface area contributed by atoms with Crippen LogP contribution in [0.4, 0.5) is 0 Å². The lowest BCUT2D eigenvalue weighted by molar-refractivity contribution is 0.261. The van der Waals surface area contributed by atoms with E-state index in [1.807, 2.05) is 0 Å². The molecule has 1 aliphatic carbocycles. The predicted octanol–water partition coefficient (Wildman–Crippen LogP) is 4.90. The van der Waals surface area contributed by atoms with Crippen LogP contribution in [0, 0.1) is 5.92 Å². The zero-order valence-electron chi connectivity index (χ0n) is 11.3. The van der Waals surface area contributed by atoms with E-state index in [0.29, 0.717) is 6.04 Å². The van der Waals surface area contributed by atoms with Crippen LogP contribution in [-0.4, -0.2) is 6.04 Å². The van der Waals surface area contributed by atoms with Gasteiger partial charge in [0.25, 0.3) is 0 Å². The molecule has 0 aliphatic heterocycles. The topological polar surface area (TPSA) is 12.0 Å². The van der Waals surface area contributed by atoms with Crippen LogP contribution in [0.2, 0.25) is 0 Å². The van der Waals surface area contributed by atoms with E-state index >= 15 is 0 Å². The molecule has 0 radical (unpaired) electrons. The molecule has 1 N–H and O–H groups in total. The normalized spacial score (nSPS) is 18.8. The molecule has 1 fully saturated rings. The molecule has 0 spiro atoms. The van der Waals surface area contributed by atoms with Gasteiger partial charge < -0.3 is 5.32 Å². The Morgan fingerprint density at radius 2 is 1.94 bits per heavy atom. The summed E-state index contributed by atoms with van der Waals surface area (Å²) in [6.45, 7) is 3.29. The van der Waals surface area contributed by atoms with Gasteiger partial charge in [-0.15, -0.1) is 0 Å². The molecule has 0 aromatic heterocycles. The Morgan fingerprint density at radius 1 is 1.22 bits per heavy atom. The van der Waals surface area contributed by atoms with E-state index in [1.165, 1.54) is 48.6 Å². The van der Waals surface area contributed by atoms with E-state index < -0.39 is 0 Å². The zero-order valence-corrected chi connectivity index (χ0v) is 12.9. The molecule has 1 atom stereocenters. The average Bonchev–Trinajstić information content (AvgIpc) is 2.42. The molecule has 1 aromatic rings. The van der Waals surface area contributed by atoms with Gasteiger partial charge in [-0.2, -0.15) is 0 Å². The van der Waals surface area contributed by atoms with Crippen molar-refractivity contribution in [3.8, 4) is 0 Å². The zero-order chi connectivity index (χ0) is 12.8. The largest absolute Gasteiger partial charge is 0.310 e. The van der Waals surface area contributed by atoms with Crippen molar-refractivity contribution < 1.29 is 0 Å². The predicted molar refractivity (Wildman–Crippen MR) is 81.6 cm³/mol. The Labute approximate surface area is 119 Å². The maximum absolute atomic E-state index is 3.77. The molecule has 100 valence electrons. The second-order valence-corrected chi connectivity index (χ2v) is 6.24. The lowest BCUT2D eigenvalue weighted by Gasteiger charge is -2.30. The van der Waals surface area contributed by atoms with E-state index in [-0.39, 0.29) is 0 Å². The maximum atomic E-state index is 3.77. The van der Waals surface area contributed by atoms with E-state index in [2.05, 4.69) is 52.4 Å². The highest BCUT2D eigenvalue weighted by molar-refractivity contribution is 9.10. The van der Waals surface area contributed by atoms with Gasteiger partial charge >= 0.3 is 0 Å². The summed E-state index contributed by atoms with van der Waals surface area (Å²) in [6.07, 6.45) is 8.38. The lowest BCUT2D eigenvalue weighted by atomic mass is 9.83. The molecule has 0 saturated heterocycles. The molecule has 0 bridgehead atoms. The summed E-state index contributed by atoms with van der Waals surface area (Å²) in [7, 11) is 0. The first-order valence-corrected chi connectivity index (χ1v) is 8.07. The molecule has 0 amide bonds. The van der Waals surface area contributed by atoms with Gasteiger partial charge in [-0.1, -0.05) is 60.3 Å². The van der Waals surface area contributed by atoms with Crippen molar-refractivity contribution in [3.63, 3.8) is 0 Å². The highest BCUT2D eigenvalue weighted by Gasteiger charge is 2.21. The molecule has 1 saturated carbocycles. The Hall–Kier alpha value is -0.340. The molecule has 1 unspecified atom stereocenters. The number of halogens is 1. The number of benzene rings is 1. The summed E-state index contributed by atoms with van der Waals surface area (Å²) in [5, 5.41) is 3.77. The van der Waals surface area contributed by atoms with Gasteiger partial charge in [0, 0.05) is 17.1 Å². The summed E-state index contributed by atoms with van der Waals surface area (Å²) < 4.78 is 1.22. The average molecular weight is 310 g/mol. The molecule has 2 heteroatoms. The molecule has 1 aromatic carbocycles. The van der Waals surface area contributed by atoms with Crippen LogP contribution >= 0.6 is 15.9 Å². The van der Waals surface area contributed by atoms with Gasteiger partial charge in [0.15, 0.2) is 0 Å². The Bertz CT molecular complexity index is 358. The molecule has 18 heavy (non-hydrogen) atoms. The van der Waals surface area contributed by atoms with Crippen molar-refractivity contribution in [2.24, 2.45) is 5.92 Å². The summed E-state index contributed by atoms with van der Waals surface area (Å²) in [5.74, 6) is 0.895. The number of hydrogen-bond acceptors (Lipinski definition) is 1. The van der Waals surface area contributed by atoms with Crippen LogP contribution in [0.3, 0.4) is 0 Å². The van der Waals surface area contributed by atoms with Gasteiger partial charge in [-0.25, -0.2) is 0 Å². The molecule has 1 aliphatic rings. The summed E-state index contributed by atoms with van der Waals surface area (Å²) in [4.78, 5) is 0. The highest BCUT2D eigenvalue weighted by Crippen LogP contribution is 2.28. The minimum Gasteiger partial charge on any atom is -0.310 e. The van der Waals surface area contributed by atoms with E-state index in [4.69, 9.17) is 0 Å². The van der Waals surface area contributed by atoms with Gasteiger partial charge in [0.05, 0.1) is 0 Å². The molecule has 1 nitrogen and oxygen atoms in total. The van der Waals surface area contributed by atoms with E-state index in [1.54, 1.807) is 0 Å². The Morgan fingerprint density at radius 3 is 2.61 bits per heavy atom. The van der Waals surface area contributed by atoms with Crippen LogP contribution in [0.1, 0.15) is 51.0 Å². The SMILES string of the molecule is CCC(NCc1ccccc1Br)C1CCCCC1. The lowest BCUT2D eigenvalue weighted by Crippen LogP contribution is -2.36. The highest BCUT2D eigenvalue weighted by atomic mass is 79.9. The van der Waals surface area contributed by atoms with Crippen LogP contribution < -0.4 is 5.32 Å². The second kappa shape index (κ2) is 7.30. The van der Waals surface area contributed by atoms with Crippen LogP contribution in [0.15, 0.2) is 28.7 Å². The first-order valence-electron chi connectivity index (χ1n) is 7.28. The van der Waals surface area contributed by atoms with Crippen LogP contribution in [-0.2, 0) is 6.54 Å². The van der Waals surface area contributed by atoms with Crippen molar-refractivity contribution in [1.29, 1.82) is 0 Å². The summed E-state index contributed by atoms with van der Waals surface area (Å²) >= 11 is 3.62. The summed E-state index contributed by atoms with van der Waals surface area (Å²) in [5.41, 5.74) is 1.37. The molecule has 2 rings (SSSR count). The Kier molecular flexibility index (Phi) is 5.71. The number of nitrogens with one attached hydrogen (secondary N) is 1. The minimum absolute atomic E-state index is 0.692. The Balaban J connectivity index is 1.88. The second-order valence-electron chi connectivity index (χ2n) is 5.39. The third-order valence-corrected chi connectivity index (χ3v) is 4.94. The third-order valence-electron chi connectivity index (χ3n) is 4.17. The van der Waals surface area contributed by atoms with E-state index in [9.17, 15) is 0 Å². The van der Waals surface area contributed by atoms with Gasteiger partial charge in [0.2, 0.25) is 0 Å². The van der Waals surface area contributed by atoms with Crippen molar-refractivity contribution in [2.75, 3.05) is 0 Å². The minimum atomic E-state index is 0.692. The first kappa shape index (κ1) is 14.1. The monoisotopic (exact) mass is 309 g/mol. The van der Waals surface area contributed by atoms with Gasteiger partial charge in [0.1, 0.15) is 0 Å². The van der Waals surface area contributed by atoms with Crippen molar-refractivity contribution in [1.82, 2.24) is 5.32 Å². The maximum Gasteiger partial charge on any atom is 0.0220 e. The smallest absolute Gasteiger partial charge is 0.0220 e. The summed E-state index contributed by atoms with van der Waals surface area (Å²) in [6, 6.07) is 9.20. The fourth-order valence-electron chi connectivity index (χ4n) is 3.06. The number of hydrogen-bond donors (Lipinski definition) is 1. The van der Waals surface area contributed by atoms with Crippen molar-refractivity contribution in [3.05, 3.63) is 34.3 Å². The third kappa shape index (κ3) is 3.83. The fourth-order valence-corrected chi connectivity index (χ4v) is 3.49. The van der Waals surface area contributed by atoms with Crippen LogP contribution in [0.25, 0.3) is 0 Å². The van der Waals surface area contributed by atoms with Crippen LogP contribution in [0.5, 0.6) is 0 Å². The van der Waals surface area contributed by atoms with Crippen molar-refractivity contribution in [2.45, 2.75) is 58.0 Å². The quantitative estimate of drug-likeness (QED) is 0.816. The van der Waals surface area contributed by atoms with Crippen molar-refractivity contribution >= 4 is 15.9 Å².